The van der Waals surface area contributed by atoms with E-state index >= 15 is 0 Å². The number of hydrogen-bond acceptors (Lipinski definition) is 10. The maximum absolute atomic E-state index is 4.47. The number of hydrogen-bond donors (Lipinski definition) is 1. The third kappa shape index (κ3) is 99.5. The Hall–Kier alpha value is -0.300. The molecular weight excluding hydrogens is 1530 g/mol. The normalized spacial score (nSPS) is 12.5. The van der Waals surface area contributed by atoms with E-state index in [-0.39, 0.29) is 0 Å². The predicted molar refractivity (Wildman–Crippen MR) is 557 cm³/mol. The van der Waals surface area contributed by atoms with E-state index in [9.17, 15) is 0 Å². The monoisotopic (exact) mass is 1740 g/mol. The summed E-state index contributed by atoms with van der Waals surface area (Å²) in [7, 11) is 17.3. The predicted octanol–water partition coefficient (Wildman–Crippen LogP) is 37.4. The molecule has 0 aliphatic carbocycles. The van der Waals surface area contributed by atoms with E-state index in [1.165, 1.54) is 506 Å². The molecule has 0 amide bonds. The van der Waals surface area contributed by atoms with Gasteiger partial charge in [0.05, 0.1) is 0 Å². The first-order chi connectivity index (χ1) is 58.2. The van der Waals surface area contributed by atoms with Gasteiger partial charge < -0.3 is 19.6 Å². The Morgan fingerprint density at radius 1 is 0.263 bits per heavy atom. The van der Waals surface area contributed by atoms with Gasteiger partial charge in [0, 0.05) is 67.5 Å². The first-order valence-corrected chi connectivity index (χ1v) is 58.1. The van der Waals surface area contributed by atoms with Crippen LogP contribution in [0.1, 0.15) is 510 Å². The van der Waals surface area contributed by atoms with Gasteiger partial charge in [0.1, 0.15) is 5.03 Å². The average molecular weight is 1740 g/mol. The van der Waals surface area contributed by atoms with Gasteiger partial charge in [-0.25, -0.2) is 4.98 Å². The van der Waals surface area contributed by atoms with Crippen LogP contribution in [0.2, 0.25) is 0 Å². The summed E-state index contributed by atoms with van der Waals surface area (Å²) in [6.07, 6.45) is 123. The highest BCUT2D eigenvalue weighted by Gasteiger charge is 2.16. The minimum absolute atomic E-state index is 0.780. The second-order valence-corrected chi connectivity index (χ2v) is 41.7. The van der Waals surface area contributed by atoms with Crippen molar-refractivity contribution in [3.05, 3.63) is 73.0 Å². The Morgan fingerprint density at radius 2 is 0.492 bits per heavy atom. The molecule has 0 radical (unpaired) electrons. The van der Waals surface area contributed by atoms with Crippen LogP contribution in [-0.4, -0.2) is 127 Å². The van der Waals surface area contributed by atoms with Crippen molar-refractivity contribution in [1.29, 1.82) is 0 Å². The Morgan fingerprint density at radius 3 is 0.746 bits per heavy atom. The second-order valence-electron chi connectivity index (χ2n) is 36.1. The van der Waals surface area contributed by atoms with Crippen LogP contribution in [0.3, 0.4) is 0 Å². The highest BCUT2D eigenvalue weighted by Crippen LogP contribution is 2.29. The van der Waals surface area contributed by atoms with Crippen molar-refractivity contribution in [2.45, 2.75) is 527 Å². The van der Waals surface area contributed by atoms with Gasteiger partial charge in [-0.1, -0.05) is 456 Å². The van der Waals surface area contributed by atoms with Crippen molar-refractivity contribution in [2.75, 3.05) is 90.5 Å². The summed E-state index contributed by atoms with van der Waals surface area (Å²) in [5.41, 5.74) is 0. The lowest BCUT2D eigenvalue weighted by molar-refractivity contribution is 0.221. The van der Waals surface area contributed by atoms with E-state index in [0.717, 1.165) is 41.7 Å². The molecule has 0 aromatic carbocycles. The van der Waals surface area contributed by atoms with E-state index in [1.54, 1.807) is 10.8 Å². The van der Waals surface area contributed by atoms with E-state index < -0.39 is 0 Å². The van der Waals surface area contributed by atoms with E-state index in [2.05, 4.69) is 189 Å². The van der Waals surface area contributed by atoms with Gasteiger partial charge in [0.25, 0.3) is 0 Å². The van der Waals surface area contributed by atoms with E-state index in [4.69, 9.17) is 0 Å². The van der Waals surface area contributed by atoms with Crippen molar-refractivity contribution in [1.82, 2.24) is 24.6 Å². The van der Waals surface area contributed by atoms with Crippen LogP contribution >= 0.6 is 55.8 Å². The lowest BCUT2D eigenvalue weighted by Crippen LogP contribution is -2.33. The highest BCUT2D eigenvalue weighted by molar-refractivity contribution is 8.77. The van der Waals surface area contributed by atoms with Crippen LogP contribution in [0.5, 0.6) is 0 Å². The second kappa shape index (κ2) is 107. The average Bonchev–Trinajstić information content (AvgIpc) is 0.952. The van der Waals surface area contributed by atoms with Crippen molar-refractivity contribution in [3.63, 3.8) is 0 Å². The van der Waals surface area contributed by atoms with E-state index in [1.807, 2.05) is 23.1 Å². The van der Waals surface area contributed by atoms with Crippen molar-refractivity contribution in [3.8, 4) is 0 Å². The number of aromatic nitrogens is 1. The zero-order chi connectivity index (χ0) is 85.8. The molecule has 0 aliphatic rings. The van der Waals surface area contributed by atoms with Crippen LogP contribution in [-0.2, 0) is 0 Å². The van der Waals surface area contributed by atoms with Gasteiger partial charge in [-0.3, -0.25) is 0 Å². The molecule has 0 bridgehead atoms. The highest BCUT2D eigenvalue weighted by atomic mass is 33.1. The molecule has 2 atom stereocenters. The molecule has 1 rings (SSSR count). The molecule has 0 fully saturated rings. The van der Waals surface area contributed by atoms with Crippen LogP contribution in [0, 0.1) is 0 Å². The fourth-order valence-corrected chi connectivity index (χ4v) is 20.5. The zero-order valence-corrected chi connectivity index (χ0v) is 85.7. The topological polar surface area (TPSA) is 25.9 Å². The van der Waals surface area contributed by atoms with Gasteiger partial charge in [-0.05, 0) is 205 Å². The third-order valence-corrected chi connectivity index (χ3v) is 29.2. The summed E-state index contributed by atoms with van der Waals surface area (Å²) in [6.45, 7) is 21.1. The minimum atomic E-state index is 0.780. The largest absolute Gasteiger partial charge is 0.306 e. The number of pyridine rings is 1. The number of nitrogens with zero attached hydrogens (tertiary/aromatic N) is 5. The molecular formula is C108H211N5S5. The van der Waals surface area contributed by atoms with Crippen molar-refractivity contribution in [2.24, 2.45) is 0 Å². The fraction of sp³-hybridized carbons (Fsp3) is 0.880. The molecule has 0 N–H and O–H groups in total. The summed E-state index contributed by atoms with van der Waals surface area (Å²) < 4.78 is 0. The van der Waals surface area contributed by atoms with Crippen molar-refractivity contribution < 1.29 is 0 Å². The first kappa shape index (κ1) is 120. The van der Waals surface area contributed by atoms with Crippen LogP contribution in [0.15, 0.2) is 78.0 Å². The smallest absolute Gasteiger partial charge is 0.106 e. The standard InChI is InChI=1S/C51H102N2S2.C30H61NS.C27H48N2S2/c1-6-9-12-15-18-20-22-24-26-28-30-32-34-37-40-43-46-52(4)47-49-54-55-50-48-53(5)51(44-41-38-35-17-14-11-8-3)45-42-39-36-33-31-29-27-25-23-21-19-16-13-10-7-2;1-4-6-8-10-12-13-14-15-16-17-18-19-21-23-25-27-30(31(3)28-29-32)26-24-22-20-11-9-7-5-2;1-3-4-5-6-7-8-9-10-11-12-13-14-15-16-17-18-21-24-29(2)25-26-30-31-27-22-19-20-23-28-27/h24-27,51H,6-23,28-50H2,1-5H3;15-16,30,32H,4-14,17-29H2,1-3H3;10-11,19-20,22-23H,3-9,12-18,21,24-26H2,1-2H3/b26-24-,27-25-;16-15-;11-10-. The van der Waals surface area contributed by atoms with Gasteiger partial charge in [0.2, 0.25) is 0 Å². The van der Waals surface area contributed by atoms with Crippen LogP contribution in [0.4, 0.5) is 0 Å². The third-order valence-electron chi connectivity index (χ3n) is 24.4. The van der Waals surface area contributed by atoms with Gasteiger partial charge >= 0.3 is 0 Å². The molecule has 2 unspecified atom stereocenters. The summed E-state index contributed by atoms with van der Waals surface area (Å²) in [5, 5.41) is 1.11. The Bertz CT molecular complexity index is 2080. The van der Waals surface area contributed by atoms with Crippen LogP contribution < -0.4 is 0 Å². The van der Waals surface area contributed by atoms with Crippen LogP contribution in [0.25, 0.3) is 0 Å². The molecule has 1 aromatic rings. The molecule has 1 aromatic heterocycles. The van der Waals surface area contributed by atoms with Crippen molar-refractivity contribution >= 4 is 55.8 Å². The summed E-state index contributed by atoms with van der Waals surface area (Å²) >= 11 is 4.47. The maximum Gasteiger partial charge on any atom is 0.106 e. The lowest BCUT2D eigenvalue weighted by atomic mass is 9.99. The Kier molecular flexibility index (Phi) is 109. The molecule has 10 heteroatoms. The van der Waals surface area contributed by atoms with Gasteiger partial charge in [-0.15, -0.1) is 0 Å². The fourth-order valence-electron chi connectivity index (χ4n) is 16.1. The molecule has 0 spiro atoms. The number of allylic oxidation sites excluding steroid dienone is 8. The number of thiol groups is 1. The maximum atomic E-state index is 4.47. The molecule has 0 saturated heterocycles. The zero-order valence-electron chi connectivity index (χ0n) is 81.6. The first-order valence-electron chi connectivity index (χ1n) is 52.7. The van der Waals surface area contributed by atoms with Gasteiger partial charge in [0.15, 0.2) is 0 Å². The SMILES string of the molecule is CCCCCCCC/C=C\CCCCCCCC(CCCCCCCCC)N(C)CCS.CCCCCCCC/C=C\CCCCCCCCCN(C)CCSSc1ccccn1.CCCCCCCC/C=C\CCCCCCCCN(C)CCSSCCN(C)C(CCCCCCC/C=C\CCCCCCCC)CCCCCCCCC. The van der Waals surface area contributed by atoms with Gasteiger partial charge in [-0.2, -0.15) is 12.6 Å². The minimum Gasteiger partial charge on any atom is -0.306 e. The molecule has 698 valence electrons. The van der Waals surface area contributed by atoms with E-state index in [0.29, 0.717) is 0 Å². The molecule has 5 nitrogen and oxygen atoms in total. The number of rotatable bonds is 95. The molecule has 118 heavy (non-hydrogen) atoms. The Labute approximate surface area is 765 Å². The number of unbranched alkanes of at least 4 members (excludes halogenated alkanes) is 59. The molecule has 1 heterocycles. The lowest BCUT2D eigenvalue weighted by Gasteiger charge is -2.28. The summed E-state index contributed by atoms with van der Waals surface area (Å²) in [6, 6.07) is 7.67. The Balaban J connectivity index is 0. The molecule has 0 saturated carbocycles. The summed E-state index contributed by atoms with van der Waals surface area (Å²) in [5.74, 6) is 4.66. The quantitative estimate of drug-likeness (QED) is 0.0296. The molecule has 0 aliphatic heterocycles. The summed E-state index contributed by atoms with van der Waals surface area (Å²) in [4.78, 5) is 14.7.